The van der Waals surface area contributed by atoms with Crippen LogP contribution >= 0.6 is 12.4 Å². The molecule has 2 aliphatic rings. The summed E-state index contributed by atoms with van der Waals surface area (Å²) < 4.78 is 0. The normalized spacial score (nSPS) is 40.7. The summed E-state index contributed by atoms with van der Waals surface area (Å²) in [6.45, 7) is 2.86. The summed E-state index contributed by atoms with van der Waals surface area (Å²) in [6.07, 6.45) is 4.80. The Hall–Kier alpha value is -0.280. The van der Waals surface area contributed by atoms with Gasteiger partial charge in [0.15, 0.2) is 0 Å². The Morgan fingerprint density at radius 1 is 1.40 bits per heavy atom. The van der Waals surface area contributed by atoms with Crippen molar-refractivity contribution in [2.75, 3.05) is 13.6 Å². The summed E-state index contributed by atoms with van der Waals surface area (Å²) in [6, 6.07) is 0. The van der Waals surface area contributed by atoms with Crippen LogP contribution in [0.5, 0.6) is 0 Å². The van der Waals surface area contributed by atoms with Crippen LogP contribution in [0, 0.1) is 11.8 Å². The molecule has 2 rings (SSSR count). The highest BCUT2D eigenvalue weighted by atomic mass is 35.5. The van der Waals surface area contributed by atoms with Crippen molar-refractivity contribution in [2.24, 2.45) is 11.8 Å². The van der Waals surface area contributed by atoms with E-state index in [1.165, 1.54) is 19.3 Å². The molecule has 1 saturated carbocycles. The first-order chi connectivity index (χ1) is 6.56. The lowest BCUT2D eigenvalue weighted by Crippen LogP contribution is -2.50. The summed E-state index contributed by atoms with van der Waals surface area (Å²) in [5, 5.41) is 9.34. The molecule has 1 aliphatic carbocycles. The molecule has 0 spiro atoms. The third-order valence-corrected chi connectivity index (χ3v) is 4.37. The molecule has 0 radical (unpaired) electrons. The fraction of sp³-hybridized carbons (Fsp3) is 0.909. The number of fused-ring (bicyclic) bond motifs is 1. The Balaban J connectivity index is 0.00000112. The number of likely N-dealkylation sites (N-methyl/N-ethyl adjacent to an activating group) is 1. The van der Waals surface area contributed by atoms with E-state index in [-0.39, 0.29) is 12.4 Å². The molecule has 88 valence electrons. The van der Waals surface area contributed by atoms with Crippen molar-refractivity contribution < 1.29 is 9.90 Å². The molecule has 15 heavy (non-hydrogen) atoms. The molecule has 0 amide bonds. The van der Waals surface area contributed by atoms with E-state index < -0.39 is 11.5 Å². The van der Waals surface area contributed by atoms with Gasteiger partial charge in [0.1, 0.15) is 5.54 Å². The quantitative estimate of drug-likeness (QED) is 0.753. The van der Waals surface area contributed by atoms with Crippen LogP contribution in [0.4, 0.5) is 0 Å². The highest BCUT2D eigenvalue weighted by molar-refractivity contribution is 5.85. The lowest BCUT2D eigenvalue weighted by atomic mass is 9.72. The zero-order valence-corrected chi connectivity index (χ0v) is 10.2. The van der Waals surface area contributed by atoms with E-state index in [2.05, 4.69) is 0 Å². The highest BCUT2D eigenvalue weighted by Gasteiger charge is 2.54. The van der Waals surface area contributed by atoms with Gasteiger partial charge in [-0.15, -0.1) is 12.4 Å². The molecule has 3 unspecified atom stereocenters. The molecule has 4 heteroatoms. The largest absolute Gasteiger partial charge is 0.480 e. The molecule has 1 heterocycles. The molecule has 0 bridgehead atoms. The minimum absolute atomic E-state index is 0. The molecule has 3 atom stereocenters. The topological polar surface area (TPSA) is 40.5 Å². The van der Waals surface area contributed by atoms with Gasteiger partial charge in [-0.1, -0.05) is 12.8 Å². The number of carboxylic acids is 1. The van der Waals surface area contributed by atoms with Crippen molar-refractivity contribution in [3.8, 4) is 0 Å². The van der Waals surface area contributed by atoms with E-state index in [4.69, 9.17) is 0 Å². The van der Waals surface area contributed by atoms with Crippen LogP contribution in [0.25, 0.3) is 0 Å². The number of hydrogen-bond donors (Lipinski definition) is 1. The molecular formula is C11H20ClNO2. The molecule has 1 saturated heterocycles. The minimum Gasteiger partial charge on any atom is -0.480 e. The zero-order valence-electron chi connectivity index (χ0n) is 9.40. The number of rotatable bonds is 1. The lowest BCUT2D eigenvalue weighted by Gasteiger charge is -2.35. The molecule has 0 aromatic heterocycles. The van der Waals surface area contributed by atoms with Gasteiger partial charge in [-0.2, -0.15) is 0 Å². The van der Waals surface area contributed by atoms with E-state index in [9.17, 15) is 9.90 Å². The SMILES string of the molecule is CN1CC2CCCCC2C1(C)C(=O)O.Cl. The van der Waals surface area contributed by atoms with Crippen molar-refractivity contribution in [3.05, 3.63) is 0 Å². The predicted molar refractivity (Wildman–Crippen MR) is 61.4 cm³/mol. The molecule has 3 nitrogen and oxygen atoms in total. The van der Waals surface area contributed by atoms with E-state index >= 15 is 0 Å². The number of hydrogen-bond acceptors (Lipinski definition) is 2. The molecule has 0 aromatic rings. The number of likely N-dealkylation sites (tertiary alicyclic amines) is 1. The van der Waals surface area contributed by atoms with Crippen molar-refractivity contribution >= 4 is 18.4 Å². The van der Waals surface area contributed by atoms with Gasteiger partial charge in [0.2, 0.25) is 0 Å². The summed E-state index contributed by atoms with van der Waals surface area (Å²) in [5.74, 6) is 0.350. The maximum absolute atomic E-state index is 11.3. The minimum atomic E-state index is -0.644. The van der Waals surface area contributed by atoms with Crippen LogP contribution in [0.15, 0.2) is 0 Å². The standard InChI is InChI=1S/C11H19NO2.ClH/c1-11(10(13)14)9-6-4-3-5-8(9)7-12(11)2;/h8-9H,3-7H2,1-2H3,(H,13,14);1H. The average Bonchev–Trinajstić information content (AvgIpc) is 2.41. The zero-order chi connectivity index (χ0) is 10.3. The van der Waals surface area contributed by atoms with Crippen molar-refractivity contribution in [3.63, 3.8) is 0 Å². The van der Waals surface area contributed by atoms with Crippen LogP contribution in [-0.4, -0.2) is 35.1 Å². The average molecular weight is 234 g/mol. The van der Waals surface area contributed by atoms with Crippen LogP contribution in [0.1, 0.15) is 32.6 Å². The fourth-order valence-corrected chi connectivity index (χ4v) is 3.31. The van der Waals surface area contributed by atoms with E-state index in [1.807, 2.05) is 18.9 Å². The lowest BCUT2D eigenvalue weighted by molar-refractivity contribution is -0.150. The molecule has 1 aliphatic heterocycles. The van der Waals surface area contributed by atoms with E-state index in [1.54, 1.807) is 0 Å². The monoisotopic (exact) mass is 233 g/mol. The Kier molecular flexibility index (Phi) is 3.67. The first-order valence-corrected chi connectivity index (χ1v) is 5.51. The number of carbonyl (C=O) groups is 1. The third kappa shape index (κ3) is 1.76. The molecule has 1 N–H and O–H groups in total. The van der Waals surface area contributed by atoms with Crippen molar-refractivity contribution in [1.29, 1.82) is 0 Å². The van der Waals surface area contributed by atoms with Gasteiger partial charge in [0, 0.05) is 6.54 Å². The number of aliphatic carboxylic acids is 1. The Labute approximate surface area is 97.2 Å². The molecule has 0 aromatic carbocycles. The van der Waals surface area contributed by atoms with Crippen LogP contribution in [0.2, 0.25) is 0 Å². The van der Waals surface area contributed by atoms with E-state index in [0.717, 1.165) is 13.0 Å². The second kappa shape index (κ2) is 4.30. The second-order valence-electron chi connectivity index (χ2n) is 4.98. The number of halogens is 1. The first-order valence-electron chi connectivity index (χ1n) is 5.51. The van der Waals surface area contributed by atoms with Gasteiger partial charge in [-0.25, -0.2) is 0 Å². The van der Waals surface area contributed by atoms with Gasteiger partial charge in [0.05, 0.1) is 0 Å². The summed E-state index contributed by atoms with van der Waals surface area (Å²) in [7, 11) is 1.95. The van der Waals surface area contributed by atoms with Crippen LogP contribution in [0.3, 0.4) is 0 Å². The summed E-state index contributed by atoms with van der Waals surface area (Å²) >= 11 is 0. The summed E-state index contributed by atoms with van der Waals surface area (Å²) in [5.41, 5.74) is -0.606. The molecular weight excluding hydrogens is 214 g/mol. The summed E-state index contributed by atoms with van der Waals surface area (Å²) in [4.78, 5) is 13.4. The Bertz CT molecular complexity index is 259. The first kappa shape index (κ1) is 12.8. The maximum atomic E-state index is 11.3. The van der Waals surface area contributed by atoms with Crippen LogP contribution in [-0.2, 0) is 4.79 Å². The Morgan fingerprint density at radius 3 is 2.60 bits per heavy atom. The van der Waals surface area contributed by atoms with Crippen LogP contribution < -0.4 is 0 Å². The predicted octanol–water partition coefficient (Wildman–Crippen LogP) is 2.00. The van der Waals surface area contributed by atoms with E-state index in [0.29, 0.717) is 11.8 Å². The third-order valence-electron chi connectivity index (χ3n) is 4.37. The Morgan fingerprint density at radius 2 is 2.00 bits per heavy atom. The van der Waals surface area contributed by atoms with Gasteiger partial charge in [-0.3, -0.25) is 9.69 Å². The van der Waals surface area contributed by atoms with Crippen molar-refractivity contribution in [1.82, 2.24) is 4.90 Å². The number of nitrogens with zero attached hydrogens (tertiary/aromatic N) is 1. The maximum Gasteiger partial charge on any atom is 0.324 e. The van der Waals surface area contributed by atoms with Gasteiger partial charge >= 0.3 is 5.97 Å². The number of carboxylic acid groups (broad SMARTS) is 1. The molecule has 2 fully saturated rings. The second-order valence-corrected chi connectivity index (χ2v) is 4.98. The fourth-order valence-electron chi connectivity index (χ4n) is 3.31. The highest BCUT2D eigenvalue weighted by Crippen LogP contribution is 2.45. The van der Waals surface area contributed by atoms with Gasteiger partial charge < -0.3 is 5.11 Å². The smallest absolute Gasteiger partial charge is 0.324 e. The van der Waals surface area contributed by atoms with Gasteiger partial charge in [0.25, 0.3) is 0 Å². The van der Waals surface area contributed by atoms with Gasteiger partial charge in [-0.05, 0) is 38.6 Å². The van der Waals surface area contributed by atoms with Crippen molar-refractivity contribution in [2.45, 2.75) is 38.1 Å².